The molecule has 4 aromatic rings. The molecule has 1 fully saturated rings. The van der Waals surface area contributed by atoms with Crippen LogP contribution in [0.4, 0.5) is 10.5 Å². The highest BCUT2D eigenvalue weighted by Gasteiger charge is 2.37. The van der Waals surface area contributed by atoms with Gasteiger partial charge >= 0.3 is 6.03 Å². The van der Waals surface area contributed by atoms with Gasteiger partial charge in [0.25, 0.3) is 11.8 Å². The number of ether oxygens (including phenoxy) is 2. The van der Waals surface area contributed by atoms with Crippen LogP contribution in [0.25, 0.3) is 16.8 Å². The van der Waals surface area contributed by atoms with Crippen LogP contribution in [0.2, 0.25) is 0 Å². The average Bonchev–Trinajstić information content (AvgIpc) is 2.89. The van der Waals surface area contributed by atoms with Crippen molar-refractivity contribution in [2.45, 2.75) is 20.5 Å². The lowest BCUT2D eigenvalue weighted by Crippen LogP contribution is -2.54. The predicted molar refractivity (Wildman–Crippen MR) is 154 cm³/mol. The molecule has 0 saturated carbocycles. The lowest BCUT2D eigenvalue weighted by Gasteiger charge is -2.27. The van der Waals surface area contributed by atoms with Gasteiger partial charge in [0.05, 0.1) is 17.3 Å². The molecule has 4 aromatic carbocycles. The Bertz CT molecular complexity index is 1650. The van der Waals surface area contributed by atoms with Crippen molar-refractivity contribution in [2.24, 2.45) is 0 Å². The number of anilines is 1. The van der Waals surface area contributed by atoms with E-state index < -0.39 is 17.8 Å². The number of nitrogens with zero attached hydrogens (tertiary/aromatic N) is 1. The Morgan fingerprint density at radius 3 is 2.38 bits per heavy atom. The van der Waals surface area contributed by atoms with Crippen molar-refractivity contribution in [1.29, 1.82) is 0 Å². The van der Waals surface area contributed by atoms with E-state index in [1.807, 2.05) is 50.2 Å². The van der Waals surface area contributed by atoms with Crippen LogP contribution in [-0.4, -0.2) is 25.0 Å². The maximum atomic E-state index is 13.4. The van der Waals surface area contributed by atoms with Crippen LogP contribution < -0.4 is 19.7 Å². The van der Waals surface area contributed by atoms with Gasteiger partial charge in [0.15, 0.2) is 11.5 Å². The first-order chi connectivity index (χ1) is 18.7. The third kappa shape index (κ3) is 5.28. The van der Waals surface area contributed by atoms with E-state index in [9.17, 15) is 14.4 Å². The number of nitrogens with one attached hydrogen (secondary N) is 1. The van der Waals surface area contributed by atoms with Gasteiger partial charge in [0, 0.05) is 0 Å². The number of rotatable bonds is 6. The van der Waals surface area contributed by atoms with Crippen LogP contribution >= 0.6 is 15.9 Å². The second kappa shape index (κ2) is 10.7. The molecule has 5 rings (SSSR count). The number of hydrogen-bond donors (Lipinski definition) is 1. The van der Waals surface area contributed by atoms with Gasteiger partial charge in [0.2, 0.25) is 0 Å². The smallest absolute Gasteiger partial charge is 0.335 e. The summed E-state index contributed by atoms with van der Waals surface area (Å²) in [6.07, 6.45) is 1.43. The number of fused-ring (bicyclic) bond motifs is 1. The number of benzene rings is 4. The Balaban J connectivity index is 1.45. The molecular formula is C31H25BrN2O5. The fourth-order valence-electron chi connectivity index (χ4n) is 4.67. The summed E-state index contributed by atoms with van der Waals surface area (Å²) < 4.78 is 12.3. The molecule has 196 valence electrons. The Labute approximate surface area is 234 Å². The number of methoxy groups -OCH3 is 1. The standard InChI is InChI=1S/C31H25BrN2O5/c1-18-11-19(2)13-23(12-18)34-30(36)25(29(35)33-31(34)37)14-20-15-26(32)28(27(16-20)38-3)39-17-22-9-6-8-21-7-4-5-10-24(21)22/h4-16H,17H2,1-3H3,(H,33,35,37). The molecule has 8 heteroatoms. The number of halogens is 1. The molecular weight excluding hydrogens is 560 g/mol. The predicted octanol–water partition coefficient (Wildman–Crippen LogP) is 6.47. The Morgan fingerprint density at radius 2 is 1.64 bits per heavy atom. The molecule has 0 unspecified atom stereocenters. The second-order valence-electron chi connectivity index (χ2n) is 9.26. The zero-order valence-corrected chi connectivity index (χ0v) is 23.2. The Hall–Kier alpha value is -4.43. The summed E-state index contributed by atoms with van der Waals surface area (Å²) in [7, 11) is 1.52. The summed E-state index contributed by atoms with van der Waals surface area (Å²) in [4.78, 5) is 39.6. The maximum absolute atomic E-state index is 13.4. The first-order valence-electron chi connectivity index (χ1n) is 12.2. The number of hydrogen-bond acceptors (Lipinski definition) is 5. The molecule has 0 bridgehead atoms. The van der Waals surface area contributed by atoms with E-state index in [1.165, 1.54) is 13.2 Å². The lowest BCUT2D eigenvalue weighted by molar-refractivity contribution is -0.122. The molecule has 0 aliphatic carbocycles. The van der Waals surface area contributed by atoms with Gasteiger partial charge < -0.3 is 9.47 Å². The number of barbiturate groups is 1. The summed E-state index contributed by atoms with van der Waals surface area (Å²) in [5.74, 6) is -0.571. The SMILES string of the molecule is COc1cc(C=C2C(=O)NC(=O)N(c3cc(C)cc(C)c3)C2=O)cc(Br)c1OCc1cccc2ccccc12. The fourth-order valence-corrected chi connectivity index (χ4v) is 5.24. The van der Waals surface area contributed by atoms with Gasteiger partial charge in [0.1, 0.15) is 12.2 Å². The molecule has 1 heterocycles. The molecule has 1 saturated heterocycles. The molecule has 0 radical (unpaired) electrons. The van der Waals surface area contributed by atoms with Crippen molar-refractivity contribution in [3.63, 3.8) is 0 Å². The second-order valence-corrected chi connectivity index (χ2v) is 10.1. The third-order valence-electron chi connectivity index (χ3n) is 6.38. The van der Waals surface area contributed by atoms with Crippen LogP contribution in [0.3, 0.4) is 0 Å². The van der Waals surface area contributed by atoms with Gasteiger partial charge in [-0.25, -0.2) is 9.69 Å². The zero-order valence-electron chi connectivity index (χ0n) is 21.6. The van der Waals surface area contributed by atoms with Crippen LogP contribution in [0, 0.1) is 13.8 Å². The maximum Gasteiger partial charge on any atom is 0.335 e. The van der Waals surface area contributed by atoms with Crippen molar-refractivity contribution in [1.82, 2.24) is 5.32 Å². The topological polar surface area (TPSA) is 84.9 Å². The molecule has 4 amide bonds. The molecule has 0 atom stereocenters. The molecule has 39 heavy (non-hydrogen) atoms. The quantitative estimate of drug-likeness (QED) is 0.207. The average molecular weight is 585 g/mol. The summed E-state index contributed by atoms with van der Waals surface area (Å²) in [5.41, 5.74) is 3.54. The number of urea groups is 1. The monoisotopic (exact) mass is 584 g/mol. The third-order valence-corrected chi connectivity index (χ3v) is 6.97. The molecule has 0 spiro atoms. The molecule has 1 N–H and O–H groups in total. The molecule has 1 aliphatic rings. The number of amides is 4. The van der Waals surface area contributed by atoms with E-state index in [4.69, 9.17) is 9.47 Å². The van der Waals surface area contributed by atoms with Gasteiger partial charge in [-0.3, -0.25) is 14.9 Å². The number of carbonyl (C=O) groups is 3. The highest BCUT2D eigenvalue weighted by Crippen LogP contribution is 2.38. The summed E-state index contributed by atoms with van der Waals surface area (Å²) in [6, 6.07) is 22.1. The minimum atomic E-state index is -0.789. The van der Waals surface area contributed by atoms with Gasteiger partial charge in [-0.1, -0.05) is 48.5 Å². The van der Waals surface area contributed by atoms with Crippen LogP contribution in [0.5, 0.6) is 11.5 Å². The minimum Gasteiger partial charge on any atom is -0.493 e. The fraction of sp³-hybridized carbons (Fsp3) is 0.129. The largest absolute Gasteiger partial charge is 0.493 e. The number of aryl methyl sites for hydroxylation is 2. The van der Waals surface area contributed by atoms with Gasteiger partial charge in [-0.05, 0) is 93.1 Å². The van der Waals surface area contributed by atoms with Crippen LogP contribution in [-0.2, 0) is 16.2 Å². The Kier molecular flexibility index (Phi) is 7.21. The van der Waals surface area contributed by atoms with E-state index in [0.29, 0.717) is 33.8 Å². The van der Waals surface area contributed by atoms with E-state index in [-0.39, 0.29) is 5.57 Å². The van der Waals surface area contributed by atoms with Gasteiger partial charge in [-0.2, -0.15) is 0 Å². The normalized spacial score (nSPS) is 14.6. The summed E-state index contributed by atoms with van der Waals surface area (Å²) >= 11 is 3.55. The van der Waals surface area contributed by atoms with E-state index in [2.05, 4.69) is 33.4 Å². The highest BCUT2D eigenvalue weighted by molar-refractivity contribution is 9.10. The van der Waals surface area contributed by atoms with Crippen LogP contribution in [0.15, 0.2) is 82.8 Å². The van der Waals surface area contributed by atoms with Crippen molar-refractivity contribution in [2.75, 3.05) is 12.0 Å². The first-order valence-corrected chi connectivity index (χ1v) is 13.0. The minimum absolute atomic E-state index is 0.174. The van der Waals surface area contributed by atoms with Crippen molar-refractivity contribution in [3.05, 3.63) is 105 Å². The molecule has 7 nitrogen and oxygen atoms in total. The van der Waals surface area contributed by atoms with E-state index in [1.54, 1.807) is 24.3 Å². The zero-order chi connectivity index (χ0) is 27.7. The van der Waals surface area contributed by atoms with Crippen molar-refractivity contribution in [3.8, 4) is 11.5 Å². The highest BCUT2D eigenvalue weighted by atomic mass is 79.9. The summed E-state index contributed by atoms with van der Waals surface area (Å²) in [5, 5.41) is 4.49. The van der Waals surface area contributed by atoms with Crippen molar-refractivity contribution >= 4 is 56.3 Å². The van der Waals surface area contributed by atoms with E-state index in [0.717, 1.165) is 32.4 Å². The number of imide groups is 2. The summed E-state index contributed by atoms with van der Waals surface area (Å²) in [6.45, 7) is 4.06. The lowest BCUT2D eigenvalue weighted by atomic mass is 10.0. The first kappa shape index (κ1) is 26.2. The van der Waals surface area contributed by atoms with Gasteiger partial charge in [-0.15, -0.1) is 0 Å². The number of carbonyl (C=O) groups excluding carboxylic acids is 3. The molecule has 1 aliphatic heterocycles. The van der Waals surface area contributed by atoms with E-state index >= 15 is 0 Å². The Morgan fingerprint density at radius 1 is 0.923 bits per heavy atom. The van der Waals surface area contributed by atoms with Crippen LogP contribution in [0.1, 0.15) is 22.3 Å². The van der Waals surface area contributed by atoms with Crippen molar-refractivity contribution < 1.29 is 23.9 Å². The molecule has 0 aromatic heterocycles.